The summed E-state index contributed by atoms with van der Waals surface area (Å²) in [5.41, 5.74) is 1.31. The zero-order chi connectivity index (χ0) is 41.8. The summed E-state index contributed by atoms with van der Waals surface area (Å²) in [7, 11) is 0. The van der Waals surface area contributed by atoms with Gasteiger partial charge in [-0.1, -0.05) is 26.7 Å². The van der Waals surface area contributed by atoms with Gasteiger partial charge in [-0.2, -0.15) is 0 Å². The number of amides is 2. The van der Waals surface area contributed by atoms with Crippen LogP contribution >= 0.6 is 0 Å². The Bertz CT molecular complexity index is 2130. The number of allylic oxidation sites excluding steroid dienone is 8. The van der Waals surface area contributed by atoms with Crippen LogP contribution in [0.4, 0.5) is 28.9 Å². The standard InChI is InChI=1S/2C19H20F2NO2.2C5H5.Ti/c2*1-2-3-11-24-12-10-14-6-4-5-7-16(14)19(23)22-18-9-8-15(20)13-17(18)21;2*1-2-4-5-3-1;/h2*4-9H,2-3,10-12H2,1H3,(H,22,23);2*1-3H,4H2;. The molecule has 2 aliphatic rings. The summed E-state index contributed by atoms with van der Waals surface area (Å²) in [6, 6.07) is 18.2. The van der Waals surface area contributed by atoms with Gasteiger partial charge in [0.25, 0.3) is 0 Å². The topological polar surface area (TPSA) is 76.7 Å². The van der Waals surface area contributed by atoms with Gasteiger partial charge in [-0.15, -0.1) is 0 Å². The van der Waals surface area contributed by atoms with E-state index in [2.05, 4.69) is 24.5 Å². The van der Waals surface area contributed by atoms with E-state index < -0.39 is 59.4 Å². The number of ether oxygens (including phenoxy) is 2. The third-order valence-corrected chi connectivity index (χ3v) is 18.7. The van der Waals surface area contributed by atoms with Crippen molar-refractivity contribution in [2.75, 3.05) is 37.1 Å². The Balaban J connectivity index is 1.42. The second-order valence-electron chi connectivity index (χ2n) is 14.6. The van der Waals surface area contributed by atoms with Gasteiger partial charge in [0.2, 0.25) is 0 Å². The van der Waals surface area contributed by atoms with Crippen LogP contribution in [0.25, 0.3) is 0 Å². The molecule has 11 heteroatoms. The van der Waals surface area contributed by atoms with Gasteiger partial charge in [-0.3, -0.25) is 0 Å². The zero-order valence-electron chi connectivity index (χ0n) is 33.5. The van der Waals surface area contributed by atoms with Crippen molar-refractivity contribution in [1.82, 2.24) is 0 Å². The first-order chi connectivity index (χ1) is 28.7. The van der Waals surface area contributed by atoms with Crippen molar-refractivity contribution in [1.29, 1.82) is 0 Å². The fraction of sp³-hybridized carbons (Fsp3) is 0.292. The van der Waals surface area contributed by atoms with Crippen LogP contribution in [0.1, 0.15) is 84.2 Å². The average Bonchev–Trinajstić information content (AvgIpc) is 3.99. The molecule has 308 valence electrons. The Hall–Kier alpha value is -4.87. The molecule has 0 saturated carbocycles. The number of benzene rings is 4. The monoisotopic (exact) mass is 842 g/mol. The zero-order valence-corrected chi connectivity index (χ0v) is 35.1. The van der Waals surface area contributed by atoms with Crippen molar-refractivity contribution in [2.45, 2.75) is 65.2 Å². The molecule has 2 N–H and O–H groups in total. The summed E-state index contributed by atoms with van der Waals surface area (Å²) in [5, 5.41) is 5.30. The van der Waals surface area contributed by atoms with Gasteiger partial charge >= 0.3 is 322 Å². The van der Waals surface area contributed by atoms with E-state index in [1.54, 1.807) is 85.0 Å². The molecule has 0 spiro atoms. The quantitative estimate of drug-likeness (QED) is 0.0528. The summed E-state index contributed by atoms with van der Waals surface area (Å²) in [6.07, 6.45) is 15.5. The van der Waals surface area contributed by atoms with E-state index >= 15 is 17.6 Å². The predicted molar refractivity (Wildman–Crippen MR) is 223 cm³/mol. The van der Waals surface area contributed by atoms with Crippen LogP contribution in [-0.4, -0.2) is 38.2 Å². The molecular weight excluding hydrogens is 792 g/mol. The molecule has 4 aromatic carbocycles. The van der Waals surface area contributed by atoms with Crippen LogP contribution in [0, 0.1) is 23.3 Å². The molecule has 59 heavy (non-hydrogen) atoms. The van der Waals surface area contributed by atoms with Gasteiger partial charge in [0.05, 0.1) is 0 Å². The molecule has 0 aromatic heterocycles. The molecule has 0 radical (unpaired) electrons. The number of rotatable bonds is 20. The van der Waals surface area contributed by atoms with E-state index in [9.17, 15) is 9.59 Å². The number of nitrogens with one attached hydrogen (secondary N) is 2. The maximum absolute atomic E-state index is 17.5. The van der Waals surface area contributed by atoms with Crippen molar-refractivity contribution >= 4 is 30.9 Å². The number of halogens is 4. The molecule has 6 rings (SSSR count). The molecule has 2 amide bonds. The summed E-state index contributed by atoms with van der Waals surface area (Å²) < 4.78 is 79.9. The van der Waals surface area contributed by atoms with Gasteiger partial charge in [0, 0.05) is 0 Å². The molecule has 0 aliphatic heterocycles. The number of carbonyl (C=O) groups is 2. The Kier molecular flexibility index (Phi) is 15.5. The predicted octanol–water partition coefficient (Wildman–Crippen LogP) is 10.3. The molecule has 0 fully saturated rings. The maximum atomic E-state index is 17.5. The van der Waals surface area contributed by atoms with Gasteiger partial charge in [0.15, 0.2) is 0 Å². The molecule has 0 unspecified atom stereocenters. The van der Waals surface area contributed by atoms with Gasteiger partial charge < -0.3 is 0 Å². The van der Waals surface area contributed by atoms with Gasteiger partial charge in [-0.05, 0) is 0 Å². The van der Waals surface area contributed by atoms with Crippen LogP contribution < -0.4 is 18.4 Å². The Labute approximate surface area is 347 Å². The molecule has 0 saturated heterocycles. The van der Waals surface area contributed by atoms with Crippen LogP contribution in [0.15, 0.2) is 117 Å². The van der Waals surface area contributed by atoms with E-state index in [4.69, 9.17) is 9.47 Å². The third-order valence-electron chi connectivity index (χ3n) is 10.8. The van der Waals surface area contributed by atoms with Crippen molar-refractivity contribution < 1.29 is 53.2 Å². The summed E-state index contributed by atoms with van der Waals surface area (Å²) >= 11 is -5.31. The van der Waals surface area contributed by atoms with E-state index in [1.165, 1.54) is 0 Å². The molecule has 6 nitrogen and oxygen atoms in total. The second kappa shape index (κ2) is 20.9. The van der Waals surface area contributed by atoms with E-state index in [0.717, 1.165) is 49.9 Å². The fourth-order valence-corrected chi connectivity index (χ4v) is 16.0. The van der Waals surface area contributed by atoms with Crippen LogP contribution in [0.2, 0.25) is 0 Å². The summed E-state index contributed by atoms with van der Waals surface area (Å²) in [4.78, 5) is 27.7. The molecular formula is C48H50F4N2O4Ti. The summed E-state index contributed by atoms with van der Waals surface area (Å²) in [5.74, 6) is -5.45. The molecule has 2 aliphatic carbocycles. The SMILES string of the molecule is CCCCOCCc1ccccc1C(=O)Nc1ccc(F)[c]([Ti]([C]2=CC=CC2)([C]2=CC=CC2)[c]2c(F)ccc(NC(=O)c3ccccc3CCOCCCC)c2F)c1F. The Morgan fingerprint density at radius 2 is 1.02 bits per heavy atom. The van der Waals surface area contributed by atoms with Gasteiger partial charge in [0.1, 0.15) is 0 Å². The summed E-state index contributed by atoms with van der Waals surface area (Å²) in [6.45, 7) is 6.10. The normalized spacial score (nSPS) is 13.5. The second-order valence-corrected chi connectivity index (χ2v) is 20.5. The van der Waals surface area contributed by atoms with Crippen LogP contribution in [-0.2, 0) is 38.9 Å². The molecule has 0 bridgehead atoms. The van der Waals surface area contributed by atoms with E-state index in [1.807, 2.05) is 0 Å². The van der Waals surface area contributed by atoms with Crippen molar-refractivity contribution in [3.8, 4) is 0 Å². The van der Waals surface area contributed by atoms with Crippen LogP contribution in [0.5, 0.6) is 0 Å². The number of carbonyl (C=O) groups excluding carboxylic acids is 2. The van der Waals surface area contributed by atoms with Crippen molar-refractivity contribution in [2.24, 2.45) is 0 Å². The van der Waals surface area contributed by atoms with Crippen molar-refractivity contribution in [3.63, 3.8) is 0 Å². The Morgan fingerprint density at radius 1 is 0.593 bits per heavy atom. The van der Waals surface area contributed by atoms with Crippen LogP contribution in [0.3, 0.4) is 0 Å². The first kappa shape index (κ1) is 43.7. The minimum absolute atomic E-state index is 0.198. The Morgan fingerprint density at radius 3 is 1.41 bits per heavy atom. The number of anilines is 2. The third kappa shape index (κ3) is 9.79. The van der Waals surface area contributed by atoms with E-state index in [-0.39, 0.29) is 24.2 Å². The minimum atomic E-state index is -5.31. The average molecular weight is 843 g/mol. The fourth-order valence-electron chi connectivity index (χ4n) is 7.77. The number of hydrogen-bond acceptors (Lipinski definition) is 4. The molecule has 0 atom stereocenters. The number of unbranched alkanes of at least 4 members (excludes halogenated alkanes) is 2. The van der Waals surface area contributed by atoms with Crippen molar-refractivity contribution in [3.05, 3.63) is 163 Å². The first-order valence-corrected chi connectivity index (χ1v) is 23.5. The molecule has 0 heterocycles. The first-order valence-electron chi connectivity index (χ1n) is 20.4. The molecule has 4 aromatic rings. The number of hydrogen-bond donors (Lipinski definition) is 2. The van der Waals surface area contributed by atoms with E-state index in [0.29, 0.717) is 69.3 Å². The van der Waals surface area contributed by atoms with Gasteiger partial charge in [-0.25, -0.2) is 0 Å².